The predicted octanol–water partition coefficient (Wildman–Crippen LogP) is 0.370. The minimum atomic E-state index is 0.521. The van der Waals surface area contributed by atoms with Crippen molar-refractivity contribution in [3.63, 3.8) is 0 Å². The largest absolute Gasteiger partial charge is 0.277 e. The molecule has 44 valence electrons. The van der Waals surface area contributed by atoms with Gasteiger partial charge in [-0.2, -0.15) is 5.26 Å². The summed E-state index contributed by atoms with van der Waals surface area (Å²) in [4.78, 5) is 7.39. The monoisotopic (exact) mass is 120 g/mol. The number of nitrogens with zero attached hydrogens (tertiary/aromatic N) is 3. The van der Waals surface area contributed by atoms with E-state index in [0.717, 1.165) is 0 Å². The lowest BCUT2D eigenvalue weighted by atomic mass is 10.6. The van der Waals surface area contributed by atoms with Crippen molar-refractivity contribution in [2.45, 2.75) is 0 Å². The van der Waals surface area contributed by atoms with Gasteiger partial charge >= 0.3 is 0 Å². The molecule has 0 saturated heterocycles. The summed E-state index contributed by atoms with van der Waals surface area (Å²) < 4.78 is 0. The lowest BCUT2D eigenvalue weighted by molar-refractivity contribution is 1.17. The summed E-state index contributed by atoms with van der Waals surface area (Å²) in [6.07, 6.45) is 4.68. The third-order valence-corrected chi connectivity index (χ3v) is 0.766. The molecule has 0 amide bonds. The highest BCUT2D eigenvalue weighted by atomic mass is 15.0. The zero-order chi connectivity index (χ0) is 6.53. The van der Waals surface area contributed by atoms with Crippen molar-refractivity contribution in [1.29, 1.82) is 5.26 Å². The zero-order valence-corrected chi connectivity index (χ0v) is 4.57. The molecule has 4 heteroatoms. The SMILES string of the molecule is N#CNc1ccncn1. The quantitative estimate of drug-likeness (QED) is 0.429. The van der Waals surface area contributed by atoms with E-state index >= 15 is 0 Å². The maximum Gasteiger partial charge on any atom is 0.182 e. The van der Waals surface area contributed by atoms with Crippen LogP contribution in [0.3, 0.4) is 0 Å². The molecule has 4 nitrogen and oxygen atoms in total. The van der Waals surface area contributed by atoms with E-state index in [2.05, 4.69) is 15.3 Å². The van der Waals surface area contributed by atoms with Crippen LogP contribution in [0.2, 0.25) is 0 Å². The van der Waals surface area contributed by atoms with Gasteiger partial charge < -0.3 is 0 Å². The van der Waals surface area contributed by atoms with Crippen molar-refractivity contribution in [3.05, 3.63) is 18.6 Å². The summed E-state index contributed by atoms with van der Waals surface area (Å²) in [5.41, 5.74) is 0. The number of anilines is 1. The van der Waals surface area contributed by atoms with Gasteiger partial charge in [-0.3, -0.25) is 5.32 Å². The van der Waals surface area contributed by atoms with E-state index in [-0.39, 0.29) is 0 Å². The molecule has 9 heavy (non-hydrogen) atoms. The van der Waals surface area contributed by atoms with Crippen molar-refractivity contribution in [3.8, 4) is 6.19 Å². The summed E-state index contributed by atoms with van der Waals surface area (Å²) in [6, 6.07) is 1.61. The van der Waals surface area contributed by atoms with E-state index in [9.17, 15) is 0 Å². The topological polar surface area (TPSA) is 61.6 Å². The van der Waals surface area contributed by atoms with Crippen LogP contribution in [0.15, 0.2) is 18.6 Å². The average Bonchev–Trinajstić information content (AvgIpc) is 1.91. The van der Waals surface area contributed by atoms with Crippen molar-refractivity contribution in [1.82, 2.24) is 9.97 Å². The first-order chi connectivity index (χ1) is 4.43. The molecule has 1 rings (SSSR count). The second-order valence-electron chi connectivity index (χ2n) is 1.33. The minimum absolute atomic E-state index is 0.521. The van der Waals surface area contributed by atoms with Crippen molar-refractivity contribution in [2.24, 2.45) is 0 Å². The number of aromatic nitrogens is 2. The Morgan fingerprint density at radius 2 is 2.56 bits per heavy atom. The Balaban J connectivity index is 2.76. The van der Waals surface area contributed by atoms with Crippen LogP contribution in [0.1, 0.15) is 0 Å². The molecule has 0 radical (unpaired) electrons. The van der Waals surface area contributed by atoms with E-state index in [1.807, 2.05) is 0 Å². The second kappa shape index (κ2) is 2.62. The van der Waals surface area contributed by atoms with Crippen LogP contribution in [0.25, 0.3) is 0 Å². The molecule has 0 fully saturated rings. The number of hydrogen-bond acceptors (Lipinski definition) is 4. The van der Waals surface area contributed by atoms with Crippen LogP contribution in [0, 0.1) is 11.5 Å². The molecular formula is C5H4N4. The van der Waals surface area contributed by atoms with Gasteiger partial charge in [0.2, 0.25) is 0 Å². The third-order valence-electron chi connectivity index (χ3n) is 0.766. The Morgan fingerprint density at radius 3 is 3.11 bits per heavy atom. The van der Waals surface area contributed by atoms with Gasteiger partial charge in [-0.05, 0) is 6.07 Å². The average molecular weight is 120 g/mol. The van der Waals surface area contributed by atoms with Gasteiger partial charge in [0, 0.05) is 6.20 Å². The Hall–Kier alpha value is -1.63. The Kier molecular flexibility index (Phi) is 1.60. The first kappa shape index (κ1) is 5.51. The maximum absolute atomic E-state index is 8.10. The number of nitrogens with one attached hydrogen (secondary N) is 1. The summed E-state index contributed by atoms with van der Waals surface area (Å²) in [7, 11) is 0. The molecule has 0 saturated carbocycles. The molecule has 1 aromatic rings. The van der Waals surface area contributed by atoms with Crippen LogP contribution in [0.4, 0.5) is 5.82 Å². The van der Waals surface area contributed by atoms with Crippen LogP contribution >= 0.6 is 0 Å². The van der Waals surface area contributed by atoms with Gasteiger partial charge in [0.05, 0.1) is 0 Å². The van der Waals surface area contributed by atoms with Crippen LogP contribution in [0.5, 0.6) is 0 Å². The molecule has 0 aliphatic rings. The molecule has 1 aromatic heterocycles. The van der Waals surface area contributed by atoms with E-state index in [4.69, 9.17) is 5.26 Å². The first-order valence-corrected chi connectivity index (χ1v) is 2.34. The van der Waals surface area contributed by atoms with E-state index in [1.54, 1.807) is 18.5 Å². The maximum atomic E-state index is 8.10. The van der Waals surface area contributed by atoms with E-state index < -0.39 is 0 Å². The van der Waals surface area contributed by atoms with Gasteiger partial charge in [0.25, 0.3) is 0 Å². The van der Waals surface area contributed by atoms with Crippen LogP contribution in [-0.2, 0) is 0 Å². The highest BCUT2D eigenvalue weighted by Crippen LogP contribution is 1.94. The molecule has 0 aliphatic heterocycles. The van der Waals surface area contributed by atoms with E-state index in [0.29, 0.717) is 5.82 Å². The predicted molar refractivity (Wildman–Crippen MR) is 31.3 cm³/mol. The lowest BCUT2D eigenvalue weighted by Gasteiger charge is -1.89. The molecular weight excluding hydrogens is 116 g/mol. The molecule has 0 spiro atoms. The van der Waals surface area contributed by atoms with Gasteiger partial charge in [-0.15, -0.1) is 0 Å². The van der Waals surface area contributed by atoms with E-state index in [1.165, 1.54) is 6.33 Å². The summed E-state index contributed by atoms with van der Waals surface area (Å²) in [6.45, 7) is 0. The highest BCUT2D eigenvalue weighted by molar-refractivity contribution is 5.35. The Morgan fingerprint density at radius 1 is 1.67 bits per heavy atom. The number of rotatable bonds is 1. The molecule has 0 aromatic carbocycles. The molecule has 0 aliphatic carbocycles. The van der Waals surface area contributed by atoms with Crippen molar-refractivity contribution in [2.75, 3.05) is 5.32 Å². The fraction of sp³-hybridized carbons (Fsp3) is 0. The van der Waals surface area contributed by atoms with Crippen molar-refractivity contribution >= 4 is 5.82 Å². The smallest absolute Gasteiger partial charge is 0.182 e. The molecule has 0 unspecified atom stereocenters. The van der Waals surface area contributed by atoms with Gasteiger partial charge in [0.15, 0.2) is 6.19 Å². The molecule has 1 heterocycles. The van der Waals surface area contributed by atoms with Crippen molar-refractivity contribution < 1.29 is 0 Å². The Bertz CT molecular complexity index is 212. The summed E-state index contributed by atoms with van der Waals surface area (Å²) in [5, 5.41) is 10.5. The van der Waals surface area contributed by atoms with Crippen LogP contribution in [-0.4, -0.2) is 9.97 Å². The van der Waals surface area contributed by atoms with Crippen LogP contribution < -0.4 is 5.32 Å². The minimum Gasteiger partial charge on any atom is -0.277 e. The van der Waals surface area contributed by atoms with Gasteiger partial charge in [-0.25, -0.2) is 9.97 Å². The fourth-order valence-electron chi connectivity index (χ4n) is 0.422. The standard InChI is InChI=1S/C5H4N4/c6-3-8-5-1-2-7-4-9-5/h1-2,4H,(H,7,8,9). The third kappa shape index (κ3) is 1.39. The second-order valence-corrected chi connectivity index (χ2v) is 1.33. The fourth-order valence-corrected chi connectivity index (χ4v) is 0.422. The lowest BCUT2D eigenvalue weighted by Crippen LogP contribution is -1.89. The normalized spacial score (nSPS) is 7.89. The zero-order valence-electron chi connectivity index (χ0n) is 4.57. The molecule has 1 N–H and O–H groups in total. The number of nitriles is 1. The van der Waals surface area contributed by atoms with Gasteiger partial charge in [-0.1, -0.05) is 0 Å². The van der Waals surface area contributed by atoms with Gasteiger partial charge in [0.1, 0.15) is 12.1 Å². The molecule has 0 bridgehead atoms. The Labute approximate surface area is 52.2 Å². The number of hydrogen-bond donors (Lipinski definition) is 1. The summed E-state index contributed by atoms with van der Waals surface area (Å²) in [5.74, 6) is 0.521. The molecule has 0 atom stereocenters. The summed E-state index contributed by atoms with van der Waals surface area (Å²) >= 11 is 0. The highest BCUT2D eigenvalue weighted by Gasteiger charge is 1.84. The first-order valence-electron chi connectivity index (χ1n) is 2.34.